The number of nitro benzene ring substituents is 1. The lowest BCUT2D eigenvalue weighted by atomic mass is 9.95. The average molecular weight is 295 g/mol. The van der Waals surface area contributed by atoms with Gasteiger partial charge in [0.15, 0.2) is 0 Å². The third-order valence-corrected chi connectivity index (χ3v) is 3.03. The molecule has 7 nitrogen and oxygen atoms in total. The number of benzene rings is 1. The first-order valence-corrected chi connectivity index (χ1v) is 6.53. The summed E-state index contributed by atoms with van der Waals surface area (Å²) in [7, 11) is 3.23. The van der Waals surface area contributed by atoms with Crippen LogP contribution < -0.4 is 5.32 Å². The summed E-state index contributed by atoms with van der Waals surface area (Å²) in [4.78, 5) is 23.9. The maximum absolute atomic E-state index is 11.9. The number of carbonyl (C=O) groups is 1. The lowest BCUT2D eigenvalue weighted by Crippen LogP contribution is -2.27. The first kappa shape index (κ1) is 16.9. The summed E-state index contributed by atoms with van der Waals surface area (Å²) in [6, 6.07) is 4.21. The molecule has 1 amide bonds. The minimum absolute atomic E-state index is 0.0515. The Morgan fingerprint density at radius 1 is 1.43 bits per heavy atom. The van der Waals surface area contributed by atoms with Crippen molar-refractivity contribution < 1.29 is 14.8 Å². The van der Waals surface area contributed by atoms with Crippen molar-refractivity contribution >= 4 is 17.3 Å². The Morgan fingerprint density at radius 2 is 2.05 bits per heavy atom. The van der Waals surface area contributed by atoms with Crippen molar-refractivity contribution in [3.8, 4) is 0 Å². The van der Waals surface area contributed by atoms with Crippen LogP contribution in [0, 0.1) is 15.5 Å². The van der Waals surface area contributed by atoms with E-state index in [4.69, 9.17) is 0 Å². The Bertz CT molecular complexity index is 541. The molecule has 0 spiro atoms. The van der Waals surface area contributed by atoms with Gasteiger partial charge in [0, 0.05) is 44.3 Å². The van der Waals surface area contributed by atoms with Crippen LogP contribution in [0.2, 0.25) is 0 Å². The van der Waals surface area contributed by atoms with Gasteiger partial charge in [-0.25, -0.2) is 0 Å². The largest absolute Gasteiger partial charge is 0.396 e. The van der Waals surface area contributed by atoms with Gasteiger partial charge in [0.1, 0.15) is 5.69 Å². The summed E-state index contributed by atoms with van der Waals surface area (Å²) in [5.74, 6) is -0.227. The SMILES string of the molecule is CN(C)C(=O)c1ccc([N+](=O)[O-])c(NCC(C)(C)CO)c1. The predicted octanol–water partition coefficient (Wildman–Crippen LogP) is 1.73. The maximum Gasteiger partial charge on any atom is 0.292 e. The number of amides is 1. The van der Waals surface area contributed by atoms with Crippen LogP contribution in [0.1, 0.15) is 24.2 Å². The van der Waals surface area contributed by atoms with Crippen LogP contribution in [0.25, 0.3) is 0 Å². The Kier molecular flexibility index (Phi) is 5.26. The van der Waals surface area contributed by atoms with Gasteiger partial charge >= 0.3 is 0 Å². The molecule has 0 aliphatic heterocycles. The molecule has 0 aromatic heterocycles. The second-order valence-corrected chi connectivity index (χ2v) is 5.86. The highest BCUT2D eigenvalue weighted by atomic mass is 16.6. The van der Waals surface area contributed by atoms with Gasteiger partial charge in [-0.15, -0.1) is 0 Å². The summed E-state index contributed by atoms with van der Waals surface area (Å²) in [6.45, 7) is 3.97. The second kappa shape index (κ2) is 6.53. The Labute approximate surface area is 123 Å². The standard InChI is InChI=1S/C14H21N3O4/c1-14(2,9-18)8-15-11-7-10(13(19)16(3)4)5-6-12(11)17(20)21/h5-7,15,18H,8-9H2,1-4H3. The summed E-state index contributed by atoms with van der Waals surface area (Å²) in [6.07, 6.45) is 0. The molecule has 0 atom stereocenters. The highest BCUT2D eigenvalue weighted by Crippen LogP contribution is 2.27. The van der Waals surface area contributed by atoms with E-state index in [0.717, 1.165) is 0 Å². The van der Waals surface area contributed by atoms with Gasteiger partial charge in [0.05, 0.1) is 4.92 Å². The molecular formula is C14H21N3O4. The highest BCUT2D eigenvalue weighted by molar-refractivity contribution is 5.95. The number of rotatable bonds is 6. The summed E-state index contributed by atoms with van der Waals surface area (Å²) in [5.41, 5.74) is 0.123. The van der Waals surface area contributed by atoms with Gasteiger partial charge in [-0.2, -0.15) is 0 Å². The number of nitro groups is 1. The van der Waals surface area contributed by atoms with E-state index in [1.165, 1.54) is 23.1 Å². The fourth-order valence-corrected chi connectivity index (χ4v) is 1.62. The zero-order chi connectivity index (χ0) is 16.2. The first-order chi connectivity index (χ1) is 9.68. The predicted molar refractivity (Wildman–Crippen MR) is 80.5 cm³/mol. The molecule has 2 N–H and O–H groups in total. The minimum atomic E-state index is -0.502. The zero-order valence-electron chi connectivity index (χ0n) is 12.7. The van der Waals surface area contributed by atoms with Crippen LogP contribution in [0.5, 0.6) is 0 Å². The van der Waals surface area contributed by atoms with Crippen LogP contribution in [-0.4, -0.2) is 48.1 Å². The van der Waals surface area contributed by atoms with Gasteiger partial charge in [0.25, 0.3) is 11.6 Å². The van der Waals surface area contributed by atoms with E-state index in [0.29, 0.717) is 12.1 Å². The minimum Gasteiger partial charge on any atom is -0.396 e. The van der Waals surface area contributed by atoms with Crippen LogP contribution in [0.15, 0.2) is 18.2 Å². The van der Waals surface area contributed by atoms with Crippen molar-refractivity contribution in [2.75, 3.05) is 32.6 Å². The lowest BCUT2D eigenvalue weighted by Gasteiger charge is -2.22. The Balaban J connectivity index is 3.10. The molecule has 21 heavy (non-hydrogen) atoms. The quantitative estimate of drug-likeness (QED) is 0.615. The molecule has 7 heteroatoms. The molecule has 116 valence electrons. The first-order valence-electron chi connectivity index (χ1n) is 6.53. The van der Waals surface area contributed by atoms with Gasteiger partial charge in [-0.1, -0.05) is 13.8 Å². The number of carbonyl (C=O) groups excluding carboxylic acids is 1. The van der Waals surface area contributed by atoms with Crippen molar-refractivity contribution in [1.82, 2.24) is 4.90 Å². The monoisotopic (exact) mass is 295 g/mol. The molecule has 0 radical (unpaired) electrons. The van der Waals surface area contributed by atoms with E-state index < -0.39 is 10.3 Å². The van der Waals surface area contributed by atoms with Gasteiger partial charge in [0.2, 0.25) is 0 Å². The molecular weight excluding hydrogens is 274 g/mol. The van der Waals surface area contributed by atoms with E-state index in [1.807, 2.05) is 13.8 Å². The molecule has 0 aliphatic rings. The van der Waals surface area contributed by atoms with E-state index in [9.17, 15) is 20.0 Å². The van der Waals surface area contributed by atoms with Gasteiger partial charge < -0.3 is 15.3 Å². The second-order valence-electron chi connectivity index (χ2n) is 5.86. The zero-order valence-corrected chi connectivity index (χ0v) is 12.7. The number of aliphatic hydroxyl groups excluding tert-OH is 1. The van der Waals surface area contributed by atoms with E-state index in [1.54, 1.807) is 14.1 Å². The summed E-state index contributed by atoms with van der Waals surface area (Å²) >= 11 is 0. The van der Waals surface area contributed by atoms with Crippen LogP contribution >= 0.6 is 0 Å². The number of hydrogen-bond acceptors (Lipinski definition) is 5. The maximum atomic E-state index is 11.9. The summed E-state index contributed by atoms with van der Waals surface area (Å²) < 4.78 is 0. The van der Waals surface area contributed by atoms with Crippen LogP contribution in [-0.2, 0) is 0 Å². The van der Waals surface area contributed by atoms with E-state index >= 15 is 0 Å². The van der Waals surface area contributed by atoms with Crippen molar-refractivity contribution in [3.05, 3.63) is 33.9 Å². The Hall–Kier alpha value is -2.15. The van der Waals surface area contributed by atoms with E-state index in [-0.39, 0.29) is 23.9 Å². The van der Waals surface area contributed by atoms with Gasteiger partial charge in [-0.05, 0) is 12.1 Å². The number of nitrogens with one attached hydrogen (secondary N) is 1. The molecule has 0 fully saturated rings. The summed E-state index contributed by atoms with van der Waals surface area (Å²) in [5, 5.41) is 23.2. The van der Waals surface area contributed by atoms with E-state index in [2.05, 4.69) is 5.32 Å². The smallest absolute Gasteiger partial charge is 0.292 e. The molecule has 1 aromatic rings. The average Bonchev–Trinajstić information content (AvgIpc) is 2.43. The number of hydrogen-bond donors (Lipinski definition) is 2. The fraction of sp³-hybridized carbons (Fsp3) is 0.500. The topological polar surface area (TPSA) is 95.7 Å². The molecule has 0 heterocycles. The van der Waals surface area contributed by atoms with Crippen molar-refractivity contribution in [3.63, 3.8) is 0 Å². The number of nitrogens with zero attached hydrogens (tertiary/aromatic N) is 2. The number of anilines is 1. The third-order valence-electron chi connectivity index (χ3n) is 3.03. The molecule has 0 saturated heterocycles. The highest BCUT2D eigenvalue weighted by Gasteiger charge is 2.21. The molecule has 0 aliphatic carbocycles. The lowest BCUT2D eigenvalue weighted by molar-refractivity contribution is -0.384. The molecule has 0 bridgehead atoms. The van der Waals surface area contributed by atoms with Crippen LogP contribution in [0.4, 0.5) is 11.4 Å². The molecule has 0 saturated carbocycles. The molecule has 1 aromatic carbocycles. The fourth-order valence-electron chi connectivity index (χ4n) is 1.62. The van der Waals surface area contributed by atoms with Crippen molar-refractivity contribution in [2.24, 2.45) is 5.41 Å². The Morgan fingerprint density at radius 3 is 2.52 bits per heavy atom. The molecule has 0 unspecified atom stereocenters. The van der Waals surface area contributed by atoms with Crippen molar-refractivity contribution in [1.29, 1.82) is 0 Å². The third kappa shape index (κ3) is 4.42. The molecule has 1 rings (SSSR count). The van der Waals surface area contributed by atoms with Crippen molar-refractivity contribution in [2.45, 2.75) is 13.8 Å². The van der Waals surface area contributed by atoms with Gasteiger partial charge in [-0.3, -0.25) is 14.9 Å². The van der Waals surface area contributed by atoms with Crippen LogP contribution in [0.3, 0.4) is 0 Å². The normalized spacial score (nSPS) is 11.1. The number of aliphatic hydroxyl groups is 1.